The van der Waals surface area contributed by atoms with Crippen LogP contribution in [-0.2, 0) is 4.79 Å². The zero-order valence-corrected chi connectivity index (χ0v) is 15.1. The summed E-state index contributed by atoms with van der Waals surface area (Å²) < 4.78 is 41.4. The van der Waals surface area contributed by atoms with E-state index >= 15 is 0 Å². The van der Waals surface area contributed by atoms with Gasteiger partial charge in [0.15, 0.2) is 0 Å². The number of aldehydes is 1. The average molecular weight is 393 g/mol. The van der Waals surface area contributed by atoms with Crippen LogP contribution in [0.1, 0.15) is 18.4 Å². The minimum Gasteiger partial charge on any atom is -0.397 e. The lowest BCUT2D eigenvalue weighted by Gasteiger charge is -2.16. The monoisotopic (exact) mass is 393 g/mol. The van der Waals surface area contributed by atoms with Crippen molar-refractivity contribution in [2.24, 2.45) is 15.9 Å². The molecule has 0 heterocycles. The number of aliphatic imine (C=N–C) groups is 1. The summed E-state index contributed by atoms with van der Waals surface area (Å²) in [6.45, 7) is 0. The Morgan fingerprint density at radius 3 is 2.30 bits per heavy atom. The number of benzene rings is 2. The second-order valence-corrected chi connectivity index (χ2v) is 6.33. The standard InChI is InChI=1S/C19H18F3N3OS/c20-14-4-2-13(3-5-14)17(12-18(23)19(21,22)10-1-11-26)25-15-6-8-16(27-24)9-7-15/h2-9,11-12H,1,10,23-24H2/b18-12-,25-17?. The Hall–Kier alpha value is -2.58. The Morgan fingerprint density at radius 2 is 1.74 bits per heavy atom. The van der Waals surface area contributed by atoms with Crippen LogP contribution in [0.4, 0.5) is 18.9 Å². The third-order valence-electron chi connectivity index (χ3n) is 3.65. The molecule has 0 spiro atoms. The first-order valence-electron chi connectivity index (χ1n) is 7.96. The first-order valence-corrected chi connectivity index (χ1v) is 8.84. The fourth-order valence-electron chi connectivity index (χ4n) is 2.18. The molecule has 0 saturated heterocycles. The molecule has 2 aromatic rings. The highest BCUT2D eigenvalue weighted by Crippen LogP contribution is 2.27. The van der Waals surface area contributed by atoms with E-state index in [1.165, 1.54) is 24.3 Å². The second kappa shape index (κ2) is 9.38. The fourth-order valence-corrected chi connectivity index (χ4v) is 2.47. The van der Waals surface area contributed by atoms with Gasteiger partial charge in [0, 0.05) is 23.3 Å². The highest BCUT2D eigenvalue weighted by Gasteiger charge is 2.32. The molecule has 27 heavy (non-hydrogen) atoms. The molecule has 8 heteroatoms. The van der Waals surface area contributed by atoms with Gasteiger partial charge in [0.1, 0.15) is 12.1 Å². The van der Waals surface area contributed by atoms with Crippen LogP contribution in [0.5, 0.6) is 0 Å². The van der Waals surface area contributed by atoms with Crippen molar-refractivity contribution in [3.8, 4) is 0 Å². The Labute approximate surface area is 159 Å². The van der Waals surface area contributed by atoms with E-state index in [0.717, 1.165) is 22.9 Å². The van der Waals surface area contributed by atoms with Gasteiger partial charge >= 0.3 is 0 Å². The maximum Gasteiger partial charge on any atom is 0.287 e. The molecular weight excluding hydrogens is 375 g/mol. The first-order chi connectivity index (χ1) is 12.9. The maximum absolute atomic E-state index is 14.1. The molecule has 0 atom stereocenters. The van der Waals surface area contributed by atoms with Gasteiger partial charge in [-0.15, -0.1) is 0 Å². The van der Waals surface area contributed by atoms with Gasteiger partial charge in [-0.05, 0) is 66.6 Å². The number of hydrogen-bond acceptors (Lipinski definition) is 5. The zero-order chi connectivity index (χ0) is 19.9. The van der Waals surface area contributed by atoms with Gasteiger partial charge < -0.3 is 10.5 Å². The van der Waals surface area contributed by atoms with Crippen LogP contribution in [0, 0.1) is 5.82 Å². The minimum absolute atomic E-state index is 0.145. The van der Waals surface area contributed by atoms with Gasteiger partial charge in [-0.1, -0.05) is 0 Å². The van der Waals surface area contributed by atoms with E-state index in [1.54, 1.807) is 24.3 Å². The Kier molecular flexibility index (Phi) is 7.20. The van der Waals surface area contributed by atoms with Crippen molar-refractivity contribution in [2.75, 3.05) is 0 Å². The molecule has 0 unspecified atom stereocenters. The second-order valence-electron chi connectivity index (χ2n) is 5.63. The predicted octanol–water partition coefficient (Wildman–Crippen LogP) is 4.37. The van der Waals surface area contributed by atoms with Crippen molar-refractivity contribution >= 4 is 29.6 Å². The quantitative estimate of drug-likeness (QED) is 0.396. The van der Waals surface area contributed by atoms with E-state index in [2.05, 4.69) is 4.99 Å². The third-order valence-corrected chi connectivity index (χ3v) is 4.20. The van der Waals surface area contributed by atoms with E-state index in [1.807, 2.05) is 0 Å². The van der Waals surface area contributed by atoms with Crippen molar-refractivity contribution < 1.29 is 18.0 Å². The first kappa shape index (κ1) is 20.7. The zero-order valence-electron chi connectivity index (χ0n) is 14.2. The molecule has 2 aromatic carbocycles. The van der Waals surface area contributed by atoms with Crippen LogP contribution in [0.2, 0.25) is 0 Å². The summed E-state index contributed by atoms with van der Waals surface area (Å²) in [5.41, 5.74) is 5.92. The molecule has 0 bridgehead atoms. The number of carbonyl (C=O) groups excluding carboxylic acids is 1. The summed E-state index contributed by atoms with van der Waals surface area (Å²) in [5, 5.41) is 5.47. The lowest BCUT2D eigenvalue weighted by atomic mass is 10.0. The number of alkyl halides is 2. The Morgan fingerprint density at radius 1 is 1.11 bits per heavy atom. The Bertz CT molecular complexity index is 834. The molecule has 0 aliphatic carbocycles. The normalized spacial score (nSPS) is 12.9. The molecule has 0 saturated carbocycles. The number of allylic oxidation sites excluding steroid dienone is 2. The molecule has 0 aliphatic heterocycles. The molecule has 0 aliphatic rings. The van der Waals surface area contributed by atoms with Gasteiger partial charge in [-0.3, -0.25) is 5.14 Å². The van der Waals surface area contributed by atoms with Crippen LogP contribution in [0.3, 0.4) is 0 Å². The summed E-state index contributed by atoms with van der Waals surface area (Å²) in [6, 6.07) is 12.1. The summed E-state index contributed by atoms with van der Waals surface area (Å²) in [7, 11) is 0. The SMILES string of the molecule is NSc1ccc(N=C(/C=C(\N)C(F)(F)CCC=O)c2ccc(F)cc2)cc1. The van der Waals surface area contributed by atoms with E-state index in [-0.39, 0.29) is 12.1 Å². The topological polar surface area (TPSA) is 81.5 Å². The summed E-state index contributed by atoms with van der Waals surface area (Å²) in [4.78, 5) is 15.5. The molecular formula is C19H18F3N3OS. The van der Waals surface area contributed by atoms with Gasteiger partial charge in [-0.2, -0.15) is 8.78 Å². The predicted molar refractivity (Wildman–Crippen MR) is 102 cm³/mol. The third kappa shape index (κ3) is 5.97. The van der Waals surface area contributed by atoms with Crippen LogP contribution in [0.15, 0.2) is 70.2 Å². The minimum atomic E-state index is -3.36. The molecule has 0 aromatic heterocycles. The van der Waals surface area contributed by atoms with Gasteiger partial charge in [0.25, 0.3) is 5.92 Å². The fraction of sp³-hybridized carbons (Fsp3) is 0.158. The number of halogens is 3. The van der Waals surface area contributed by atoms with Crippen LogP contribution >= 0.6 is 11.9 Å². The molecule has 4 N–H and O–H groups in total. The van der Waals surface area contributed by atoms with Crippen LogP contribution in [0.25, 0.3) is 0 Å². The van der Waals surface area contributed by atoms with E-state index in [0.29, 0.717) is 17.5 Å². The highest BCUT2D eigenvalue weighted by atomic mass is 32.2. The number of nitrogens with zero attached hydrogens (tertiary/aromatic N) is 1. The van der Waals surface area contributed by atoms with Gasteiger partial charge in [0.05, 0.1) is 17.1 Å². The lowest BCUT2D eigenvalue weighted by Crippen LogP contribution is -2.26. The van der Waals surface area contributed by atoms with Crippen molar-refractivity contribution in [3.63, 3.8) is 0 Å². The average Bonchev–Trinajstić information content (AvgIpc) is 2.67. The number of rotatable bonds is 8. The summed E-state index contributed by atoms with van der Waals surface area (Å²) >= 11 is 1.07. The van der Waals surface area contributed by atoms with Crippen molar-refractivity contribution in [1.82, 2.24) is 0 Å². The number of hydrogen-bond donors (Lipinski definition) is 2. The van der Waals surface area contributed by atoms with E-state index in [9.17, 15) is 18.0 Å². The van der Waals surface area contributed by atoms with Gasteiger partial charge in [0.2, 0.25) is 0 Å². The number of carbonyl (C=O) groups is 1. The smallest absolute Gasteiger partial charge is 0.287 e. The summed E-state index contributed by atoms with van der Waals surface area (Å²) in [6.07, 6.45) is 0.442. The van der Waals surface area contributed by atoms with Crippen molar-refractivity contribution in [1.29, 1.82) is 0 Å². The maximum atomic E-state index is 14.1. The van der Waals surface area contributed by atoms with E-state index in [4.69, 9.17) is 10.9 Å². The molecule has 2 rings (SSSR count). The van der Waals surface area contributed by atoms with Crippen LogP contribution in [-0.4, -0.2) is 17.9 Å². The van der Waals surface area contributed by atoms with Crippen LogP contribution < -0.4 is 10.9 Å². The summed E-state index contributed by atoms with van der Waals surface area (Å²) in [5.74, 6) is -3.82. The van der Waals surface area contributed by atoms with Crippen molar-refractivity contribution in [3.05, 3.63) is 71.7 Å². The number of nitrogens with two attached hydrogens (primary N) is 2. The highest BCUT2D eigenvalue weighted by molar-refractivity contribution is 7.97. The molecule has 0 radical (unpaired) electrons. The molecule has 142 valence electrons. The molecule has 4 nitrogen and oxygen atoms in total. The van der Waals surface area contributed by atoms with E-state index < -0.39 is 23.9 Å². The van der Waals surface area contributed by atoms with Gasteiger partial charge in [-0.25, -0.2) is 9.38 Å². The molecule has 0 amide bonds. The lowest BCUT2D eigenvalue weighted by molar-refractivity contribution is -0.109. The Balaban J connectivity index is 2.45. The molecule has 0 fully saturated rings. The van der Waals surface area contributed by atoms with Crippen molar-refractivity contribution in [2.45, 2.75) is 23.7 Å². The largest absolute Gasteiger partial charge is 0.397 e.